The molecule has 0 saturated heterocycles. The minimum Gasteiger partial charge on any atom is -0.497 e. The number of carbonyl (C=O) groups is 1. The molecule has 3 aromatic rings. The van der Waals surface area contributed by atoms with E-state index in [0.717, 1.165) is 19.3 Å². The van der Waals surface area contributed by atoms with Crippen molar-refractivity contribution >= 4 is 28.6 Å². The molecule has 4 rings (SSSR count). The van der Waals surface area contributed by atoms with Crippen LogP contribution in [0.5, 0.6) is 5.75 Å². The van der Waals surface area contributed by atoms with Gasteiger partial charge < -0.3 is 10.1 Å². The molecule has 7 heteroatoms. The minimum atomic E-state index is -0.159. The molecule has 0 spiro atoms. The van der Waals surface area contributed by atoms with Gasteiger partial charge >= 0.3 is 0 Å². The quantitative estimate of drug-likeness (QED) is 0.312. The van der Waals surface area contributed by atoms with E-state index in [-0.39, 0.29) is 17.2 Å². The lowest BCUT2D eigenvalue weighted by molar-refractivity contribution is -0.118. The molecule has 6 nitrogen and oxygen atoms in total. The van der Waals surface area contributed by atoms with Crippen molar-refractivity contribution < 1.29 is 9.53 Å². The van der Waals surface area contributed by atoms with Crippen molar-refractivity contribution in [2.45, 2.75) is 37.3 Å². The first-order valence-electron chi connectivity index (χ1n) is 10.9. The summed E-state index contributed by atoms with van der Waals surface area (Å²) in [6, 6.07) is 14.5. The van der Waals surface area contributed by atoms with E-state index in [9.17, 15) is 9.59 Å². The number of ether oxygens (including phenoxy) is 1. The van der Waals surface area contributed by atoms with Gasteiger partial charge in [0.05, 0.1) is 29.5 Å². The summed E-state index contributed by atoms with van der Waals surface area (Å²) in [4.78, 5) is 30.4. The Kier molecular flexibility index (Phi) is 7.27. The lowest BCUT2D eigenvalue weighted by atomic mass is 9.97. The SMILES string of the molecule is COc1ccc(-n2c(SCC(=O)NCCC3=CCCCC3)nc3ccccc3c2=O)cc1. The van der Waals surface area contributed by atoms with Crippen molar-refractivity contribution in [3.8, 4) is 11.4 Å². The molecule has 0 atom stereocenters. The number of methoxy groups -OCH3 is 1. The van der Waals surface area contributed by atoms with Crippen LogP contribution in [0.4, 0.5) is 0 Å². The normalized spacial score (nSPS) is 13.6. The predicted molar refractivity (Wildman–Crippen MR) is 129 cm³/mol. The lowest BCUT2D eigenvalue weighted by Crippen LogP contribution is -2.27. The van der Waals surface area contributed by atoms with Crippen LogP contribution in [0.1, 0.15) is 32.1 Å². The highest BCUT2D eigenvalue weighted by molar-refractivity contribution is 7.99. The molecule has 1 aromatic heterocycles. The van der Waals surface area contributed by atoms with Gasteiger partial charge in [0.1, 0.15) is 5.75 Å². The van der Waals surface area contributed by atoms with Gasteiger partial charge in [0, 0.05) is 6.54 Å². The summed E-state index contributed by atoms with van der Waals surface area (Å²) in [7, 11) is 1.60. The summed E-state index contributed by atoms with van der Waals surface area (Å²) < 4.78 is 6.79. The lowest BCUT2D eigenvalue weighted by Gasteiger charge is -2.14. The monoisotopic (exact) mass is 449 g/mol. The van der Waals surface area contributed by atoms with Crippen LogP contribution < -0.4 is 15.6 Å². The maximum absolute atomic E-state index is 13.3. The largest absolute Gasteiger partial charge is 0.497 e. The Labute approximate surface area is 191 Å². The van der Waals surface area contributed by atoms with Gasteiger partial charge in [-0.1, -0.05) is 35.5 Å². The number of hydrogen-bond acceptors (Lipinski definition) is 5. The smallest absolute Gasteiger partial charge is 0.266 e. The number of thioether (sulfide) groups is 1. The predicted octanol–water partition coefficient (Wildman–Crippen LogP) is 4.49. The van der Waals surface area contributed by atoms with Gasteiger partial charge in [-0.2, -0.15) is 0 Å². The topological polar surface area (TPSA) is 73.2 Å². The second-order valence-electron chi connectivity index (χ2n) is 7.75. The summed E-state index contributed by atoms with van der Waals surface area (Å²) in [5.74, 6) is 0.840. The molecule has 0 unspecified atom stereocenters. The van der Waals surface area contributed by atoms with Crippen molar-refractivity contribution in [2.75, 3.05) is 19.4 Å². The molecular weight excluding hydrogens is 422 g/mol. The summed E-state index contributed by atoms with van der Waals surface area (Å²) >= 11 is 1.27. The van der Waals surface area contributed by atoms with Crippen molar-refractivity contribution in [3.05, 3.63) is 70.5 Å². The fraction of sp³-hybridized carbons (Fsp3) is 0.320. The molecule has 0 radical (unpaired) electrons. The Morgan fingerprint density at radius 2 is 1.97 bits per heavy atom. The minimum absolute atomic E-state index is 0.0601. The number of allylic oxidation sites excluding steroid dienone is 1. The molecule has 1 aliphatic carbocycles. The molecule has 0 aliphatic heterocycles. The molecule has 32 heavy (non-hydrogen) atoms. The third-order valence-electron chi connectivity index (χ3n) is 5.56. The maximum atomic E-state index is 13.3. The number of aromatic nitrogens is 2. The van der Waals surface area contributed by atoms with Crippen LogP contribution in [0, 0.1) is 0 Å². The van der Waals surface area contributed by atoms with Gasteiger partial charge in [0.25, 0.3) is 5.56 Å². The third kappa shape index (κ3) is 5.22. The average molecular weight is 450 g/mol. The van der Waals surface area contributed by atoms with Crippen molar-refractivity contribution in [1.82, 2.24) is 14.9 Å². The number of hydrogen-bond donors (Lipinski definition) is 1. The molecule has 1 N–H and O–H groups in total. The van der Waals surface area contributed by atoms with Crippen molar-refractivity contribution in [3.63, 3.8) is 0 Å². The van der Waals surface area contributed by atoms with Gasteiger partial charge in [-0.05, 0) is 68.5 Å². The van der Waals surface area contributed by atoms with E-state index in [4.69, 9.17) is 4.74 Å². The van der Waals surface area contributed by atoms with Crippen LogP contribution in [-0.2, 0) is 4.79 Å². The van der Waals surface area contributed by atoms with E-state index in [1.165, 1.54) is 30.2 Å². The molecule has 1 heterocycles. The van der Waals surface area contributed by atoms with Gasteiger partial charge in [0.15, 0.2) is 5.16 Å². The van der Waals surface area contributed by atoms with Crippen LogP contribution in [0.15, 0.2) is 70.1 Å². The summed E-state index contributed by atoms with van der Waals surface area (Å²) in [5, 5.41) is 4.02. The standard InChI is InChI=1S/C25H27N3O3S/c1-31-20-13-11-19(12-14-20)28-24(30)21-9-5-6-10-22(21)27-25(28)32-17-23(29)26-16-15-18-7-3-2-4-8-18/h5-7,9-14H,2-4,8,15-17H2,1H3,(H,26,29). The van der Waals surface area contributed by atoms with Gasteiger partial charge in [-0.25, -0.2) is 4.98 Å². The summed E-state index contributed by atoms with van der Waals surface area (Å²) in [5.41, 5.74) is 2.58. The molecule has 1 aliphatic rings. The van der Waals surface area contributed by atoms with E-state index in [1.54, 1.807) is 29.9 Å². The fourth-order valence-electron chi connectivity index (χ4n) is 3.84. The van der Waals surface area contributed by atoms with E-state index < -0.39 is 0 Å². The number of carbonyl (C=O) groups excluding carboxylic acids is 1. The van der Waals surface area contributed by atoms with E-state index in [1.807, 2.05) is 30.3 Å². The molecule has 0 fully saturated rings. The Hall–Kier alpha value is -3.06. The molecule has 0 bridgehead atoms. The average Bonchev–Trinajstić information content (AvgIpc) is 2.84. The van der Waals surface area contributed by atoms with Gasteiger partial charge in [0.2, 0.25) is 5.91 Å². The Morgan fingerprint density at radius 1 is 1.16 bits per heavy atom. The first kappa shape index (κ1) is 22.1. The van der Waals surface area contributed by atoms with Crippen LogP contribution in [-0.4, -0.2) is 34.9 Å². The maximum Gasteiger partial charge on any atom is 0.266 e. The molecule has 1 amide bonds. The van der Waals surface area contributed by atoms with Gasteiger partial charge in [-0.3, -0.25) is 14.2 Å². The zero-order valence-corrected chi connectivity index (χ0v) is 19.0. The molecule has 2 aromatic carbocycles. The van der Waals surface area contributed by atoms with E-state index in [0.29, 0.717) is 34.0 Å². The van der Waals surface area contributed by atoms with E-state index >= 15 is 0 Å². The summed E-state index contributed by atoms with van der Waals surface area (Å²) in [6.45, 7) is 0.641. The second kappa shape index (κ2) is 10.5. The molecule has 166 valence electrons. The van der Waals surface area contributed by atoms with Crippen LogP contribution in [0.3, 0.4) is 0 Å². The first-order chi connectivity index (χ1) is 15.7. The molecule has 0 saturated carbocycles. The first-order valence-corrected chi connectivity index (χ1v) is 11.9. The highest BCUT2D eigenvalue weighted by Gasteiger charge is 2.15. The van der Waals surface area contributed by atoms with Crippen LogP contribution in [0.25, 0.3) is 16.6 Å². The number of para-hydroxylation sites is 1. The Bertz CT molecular complexity index is 1190. The van der Waals surface area contributed by atoms with Crippen LogP contribution in [0.2, 0.25) is 0 Å². The number of rotatable bonds is 8. The number of amides is 1. The van der Waals surface area contributed by atoms with Crippen LogP contribution >= 0.6 is 11.8 Å². The highest BCUT2D eigenvalue weighted by Crippen LogP contribution is 2.23. The van der Waals surface area contributed by atoms with Gasteiger partial charge in [-0.15, -0.1) is 0 Å². The Balaban J connectivity index is 1.52. The fourth-order valence-corrected chi connectivity index (χ4v) is 4.69. The number of nitrogens with zero attached hydrogens (tertiary/aromatic N) is 2. The zero-order chi connectivity index (χ0) is 22.3. The number of fused-ring (bicyclic) bond motifs is 1. The molecular formula is C25H27N3O3S. The Morgan fingerprint density at radius 3 is 2.72 bits per heavy atom. The second-order valence-corrected chi connectivity index (χ2v) is 8.69. The van der Waals surface area contributed by atoms with E-state index in [2.05, 4.69) is 16.4 Å². The van der Waals surface area contributed by atoms with Crippen molar-refractivity contribution in [1.29, 1.82) is 0 Å². The van der Waals surface area contributed by atoms with Crippen molar-refractivity contribution in [2.24, 2.45) is 0 Å². The number of benzene rings is 2. The highest BCUT2D eigenvalue weighted by atomic mass is 32.2. The third-order valence-corrected chi connectivity index (χ3v) is 6.50. The number of nitrogens with one attached hydrogen (secondary N) is 1. The zero-order valence-electron chi connectivity index (χ0n) is 18.2. The summed E-state index contributed by atoms with van der Waals surface area (Å²) in [6.07, 6.45) is 8.00.